The molecule has 6 nitrogen and oxygen atoms in total. The van der Waals surface area contributed by atoms with Crippen molar-refractivity contribution in [1.29, 1.82) is 0 Å². The molecule has 1 amide bonds. The predicted octanol–water partition coefficient (Wildman–Crippen LogP) is 7.16. The molecule has 2 heterocycles. The van der Waals surface area contributed by atoms with Gasteiger partial charge in [-0.15, -0.1) is 0 Å². The number of aromatic nitrogens is 3. The normalized spacial score (nSPS) is 29.4. The highest BCUT2D eigenvalue weighted by molar-refractivity contribution is 6.35. The number of hydrogen-bond acceptors (Lipinski definition) is 3. The van der Waals surface area contributed by atoms with E-state index in [2.05, 4.69) is 35.3 Å². The molecule has 3 saturated carbocycles. The van der Waals surface area contributed by atoms with Gasteiger partial charge in [-0.05, 0) is 93.7 Å². The van der Waals surface area contributed by atoms with Crippen LogP contribution in [0.5, 0.6) is 0 Å². The average molecular weight is 549 g/mol. The molecule has 1 aromatic carbocycles. The highest BCUT2D eigenvalue weighted by Gasteiger charge is 2.63. The number of rotatable bonds is 7. The van der Waals surface area contributed by atoms with Crippen LogP contribution in [0, 0.1) is 29.6 Å². The largest absolute Gasteiger partial charge is 0.361 e. The highest BCUT2D eigenvalue weighted by atomic mass is 35.5. The molecule has 3 fully saturated rings. The Hall–Kier alpha value is -2.60. The first-order valence-electron chi connectivity index (χ1n) is 14.6. The molecule has 0 aliphatic heterocycles. The van der Waals surface area contributed by atoms with Crippen LogP contribution in [0.1, 0.15) is 93.9 Å². The minimum atomic E-state index is -0.227. The summed E-state index contributed by atoms with van der Waals surface area (Å²) >= 11 is 6.56. The van der Waals surface area contributed by atoms with E-state index >= 15 is 0 Å². The van der Waals surface area contributed by atoms with E-state index in [-0.39, 0.29) is 29.2 Å². The lowest BCUT2D eigenvalue weighted by Crippen LogP contribution is -2.42. The van der Waals surface area contributed by atoms with Crippen molar-refractivity contribution in [2.75, 3.05) is 6.54 Å². The number of ketones is 1. The number of carbonyl (C=O) groups excluding carboxylic acids is 2. The van der Waals surface area contributed by atoms with Gasteiger partial charge in [-0.25, -0.2) is 0 Å². The third-order valence-corrected chi connectivity index (χ3v) is 11.2. The lowest BCUT2D eigenvalue weighted by Gasteiger charge is -2.36. The first-order valence-corrected chi connectivity index (χ1v) is 15.0. The van der Waals surface area contributed by atoms with Crippen molar-refractivity contribution in [1.82, 2.24) is 19.7 Å². The molecule has 6 rings (SSSR count). The smallest absolute Gasteiger partial charge is 0.257 e. The van der Waals surface area contributed by atoms with Crippen LogP contribution in [0.3, 0.4) is 0 Å². The van der Waals surface area contributed by atoms with Crippen molar-refractivity contribution in [2.45, 2.75) is 91.6 Å². The fourth-order valence-electron chi connectivity index (χ4n) is 7.82. The van der Waals surface area contributed by atoms with Gasteiger partial charge in [-0.1, -0.05) is 38.4 Å². The second kappa shape index (κ2) is 9.50. The molecule has 3 aromatic rings. The molecule has 0 unspecified atom stereocenters. The molecule has 0 radical (unpaired) electrons. The summed E-state index contributed by atoms with van der Waals surface area (Å²) in [4.78, 5) is 31.8. The molecular weight excluding hydrogens is 508 g/mol. The van der Waals surface area contributed by atoms with Crippen LogP contribution in [0.15, 0.2) is 30.6 Å². The minimum absolute atomic E-state index is 0.0955. The maximum atomic E-state index is 14.2. The molecule has 2 aromatic heterocycles. The molecule has 208 valence electrons. The number of nitrogens with one attached hydrogen (secondary N) is 1. The lowest BCUT2D eigenvalue weighted by molar-refractivity contribution is -0.127. The second-order valence-electron chi connectivity index (χ2n) is 13.3. The van der Waals surface area contributed by atoms with Gasteiger partial charge in [0, 0.05) is 40.8 Å². The molecule has 3 aliphatic carbocycles. The Balaban J connectivity index is 1.23. The van der Waals surface area contributed by atoms with Crippen LogP contribution in [0.4, 0.5) is 0 Å². The van der Waals surface area contributed by atoms with Gasteiger partial charge in [0.25, 0.3) is 5.91 Å². The van der Waals surface area contributed by atoms with E-state index in [0.29, 0.717) is 29.4 Å². The van der Waals surface area contributed by atoms with Crippen molar-refractivity contribution < 1.29 is 9.59 Å². The van der Waals surface area contributed by atoms with Crippen LogP contribution < -0.4 is 0 Å². The van der Waals surface area contributed by atoms with Gasteiger partial charge in [0.15, 0.2) is 0 Å². The maximum Gasteiger partial charge on any atom is 0.257 e. The summed E-state index contributed by atoms with van der Waals surface area (Å²) in [7, 11) is 0. The quantitative estimate of drug-likeness (QED) is 0.340. The van der Waals surface area contributed by atoms with E-state index in [9.17, 15) is 9.59 Å². The number of fused-ring (bicyclic) bond motifs is 2. The predicted molar refractivity (Wildman–Crippen MR) is 155 cm³/mol. The molecule has 0 saturated heterocycles. The van der Waals surface area contributed by atoms with Crippen molar-refractivity contribution in [3.05, 3.63) is 52.4 Å². The summed E-state index contributed by atoms with van der Waals surface area (Å²) in [5.41, 5.74) is 4.03. The van der Waals surface area contributed by atoms with E-state index < -0.39 is 0 Å². The molecule has 39 heavy (non-hydrogen) atoms. The van der Waals surface area contributed by atoms with Gasteiger partial charge >= 0.3 is 0 Å². The second-order valence-corrected chi connectivity index (χ2v) is 13.7. The average Bonchev–Trinajstić information content (AvgIpc) is 3.43. The Kier molecular flexibility index (Phi) is 6.48. The lowest BCUT2D eigenvalue weighted by atomic mass is 9.71. The Morgan fingerprint density at radius 1 is 1.15 bits per heavy atom. The molecular formula is C32H41ClN4O2. The zero-order valence-corrected chi connectivity index (χ0v) is 24.6. The number of aromatic amines is 1. The van der Waals surface area contributed by atoms with Gasteiger partial charge in [-0.3, -0.25) is 14.3 Å². The highest BCUT2D eigenvalue weighted by Crippen LogP contribution is 2.67. The van der Waals surface area contributed by atoms with Crippen LogP contribution in [0.25, 0.3) is 10.9 Å². The third kappa shape index (κ3) is 4.43. The Morgan fingerprint density at radius 3 is 2.51 bits per heavy atom. The Morgan fingerprint density at radius 2 is 1.85 bits per heavy atom. The molecule has 0 bridgehead atoms. The number of nitrogens with zero attached hydrogens (tertiary/aromatic N) is 3. The number of carbonyl (C=O) groups is 2. The van der Waals surface area contributed by atoms with Gasteiger partial charge < -0.3 is 9.88 Å². The number of hydrogen-bond donors (Lipinski definition) is 1. The molecule has 1 N–H and O–H groups in total. The maximum absolute atomic E-state index is 14.2. The van der Waals surface area contributed by atoms with Crippen LogP contribution in [-0.2, 0) is 11.2 Å². The van der Waals surface area contributed by atoms with Crippen LogP contribution >= 0.6 is 11.6 Å². The topological polar surface area (TPSA) is 71.0 Å². The zero-order chi connectivity index (χ0) is 27.7. The Labute approximate surface area is 236 Å². The van der Waals surface area contributed by atoms with Gasteiger partial charge in [0.05, 0.1) is 22.8 Å². The fourth-order valence-corrected chi connectivity index (χ4v) is 8.11. The summed E-state index contributed by atoms with van der Waals surface area (Å²) in [6, 6.07) is 6.43. The standard InChI is InChI=1S/C32H41ClN4O2/c1-19-24(18-35-37(19)22-9-12-32(5,13-10-22)20(2)38)30(39)36(23-15-25-26(16-23)31(25,3)4)14-11-21-17-34-28-8-6-7-27(33)29(21)28/h6-8,17-18,22-23,25-26,34H,9-16H2,1-5H3/t22-,23-,25+,26-,32-. The third-order valence-electron chi connectivity index (χ3n) is 10.9. The molecule has 3 atom stereocenters. The molecule has 7 heteroatoms. The van der Waals surface area contributed by atoms with Gasteiger partial charge in [0.1, 0.15) is 5.78 Å². The summed E-state index contributed by atoms with van der Waals surface area (Å²) in [5, 5.41) is 6.54. The monoisotopic (exact) mass is 548 g/mol. The molecule has 3 aliphatic rings. The van der Waals surface area contributed by atoms with Crippen molar-refractivity contribution in [3.63, 3.8) is 0 Å². The first-order chi connectivity index (χ1) is 18.5. The van der Waals surface area contributed by atoms with E-state index in [1.54, 1.807) is 13.1 Å². The van der Waals surface area contributed by atoms with Gasteiger partial charge in [0.2, 0.25) is 0 Å². The van der Waals surface area contributed by atoms with Crippen molar-refractivity contribution in [3.8, 4) is 0 Å². The van der Waals surface area contributed by atoms with Crippen molar-refractivity contribution >= 4 is 34.2 Å². The van der Waals surface area contributed by atoms with E-state index in [1.807, 2.05) is 31.3 Å². The SMILES string of the molecule is Cc1c(C(=O)N(CCc2c[nH]c3cccc(Cl)c23)[C@H]2C[C@@H]3[C@H](C2)C3(C)C)cnn1[C@H]1CC[C@](C)(C(C)=O)CC1. The summed E-state index contributed by atoms with van der Waals surface area (Å²) in [6.45, 7) is 11.2. The zero-order valence-electron chi connectivity index (χ0n) is 23.9. The van der Waals surface area contributed by atoms with Crippen molar-refractivity contribution in [2.24, 2.45) is 22.7 Å². The summed E-state index contributed by atoms with van der Waals surface area (Å²) < 4.78 is 2.06. The van der Waals surface area contributed by atoms with Crippen LogP contribution in [0.2, 0.25) is 5.02 Å². The number of amides is 1. The number of halogens is 1. The number of benzene rings is 1. The van der Waals surface area contributed by atoms with E-state index in [0.717, 1.165) is 72.1 Å². The van der Waals surface area contributed by atoms with E-state index in [1.165, 1.54) is 0 Å². The van der Waals surface area contributed by atoms with Gasteiger partial charge in [-0.2, -0.15) is 5.10 Å². The minimum Gasteiger partial charge on any atom is -0.361 e. The summed E-state index contributed by atoms with van der Waals surface area (Å²) in [5.74, 6) is 1.79. The first kappa shape index (κ1) is 26.6. The summed E-state index contributed by atoms with van der Waals surface area (Å²) in [6.07, 6.45) is 10.3. The van der Waals surface area contributed by atoms with E-state index in [4.69, 9.17) is 16.7 Å². The number of Topliss-reactive ketones (excluding diaryl/α,β-unsaturated/α-hetero) is 1. The molecule has 0 spiro atoms. The number of H-pyrrole nitrogens is 1. The van der Waals surface area contributed by atoms with Crippen LogP contribution in [-0.4, -0.2) is 43.9 Å². The fraction of sp³-hybridized carbons (Fsp3) is 0.594. The Bertz CT molecular complexity index is 1410.